The molecule has 1 atom stereocenters. The van der Waals surface area contributed by atoms with E-state index in [-0.39, 0.29) is 18.0 Å². The summed E-state index contributed by atoms with van der Waals surface area (Å²) in [7, 11) is 0. The number of para-hydroxylation sites is 1. The molecular formula is C16H21N3O. The van der Waals surface area contributed by atoms with Crippen LogP contribution in [0, 0.1) is 11.3 Å². The first-order valence-corrected chi connectivity index (χ1v) is 7.15. The predicted molar refractivity (Wildman–Crippen MR) is 79.3 cm³/mol. The van der Waals surface area contributed by atoms with E-state index in [1.165, 1.54) is 5.56 Å². The third kappa shape index (κ3) is 3.17. The van der Waals surface area contributed by atoms with Crippen LogP contribution in [0.2, 0.25) is 0 Å². The average Bonchev–Trinajstić information content (AvgIpc) is 2.58. The lowest BCUT2D eigenvalue weighted by Gasteiger charge is -2.32. The molecule has 1 aliphatic heterocycles. The number of hydrogen-bond donors (Lipinski definition) is 1. The Morgan fingerprint density at radius 1 is 1.45 bits per heavy atom. The zero-order chi connectivity index (χ0) is 14.5. The normalized spacial score (nSPS) is 18.4. The van der Waals surface area contributed by atoms with Gasteiger partial charge in [-0.3, -0.25) is 9.69 Å². The zero-order valence-corrected chi connectivity index (χ0v) is 12.1. The summed E-state index contributed by atoms with van der Waals surface area (Å²) in [6.07, 6.45) is 2.14. The number of aryl methyl sites for hydroxylation is 1. The molecule has 0 spiro atoms. The fourth-order valence-corrected chi connectivity index (χ4v) is 2.77. The van der Waals surface area contributed by atoms with Gasteiger partial charge in [0.2, 0.25) is 5.91 Å². The van der Waals surface area contributed by atoms with Crippen LogP contribution in [0.15, 0.2) is 24.3 Å². The van der Waals surface area contributed by atoms with Gasteiger partial charge in [0.05, 0.1) is 12.1 Å². The van der Waals surface area contributed by atoms with Crippen LogP contribution in [0.3, 0.4) is 0 Å². The summed E-state index contributed by atoms with van der Waals surface area (Å²) < 4.78 is 0. The molecule has 1 N–H and O–H groups in total. The van der Waals surface area contributed by atoms with Crippen molar-refractivity contribution in [2.24, 2.45) is 0 Å². The van der Waals surface area contributed by atoms with Crippen molar-refractivity contribution in [2.45, 2.75) is 45.2 Å². The molecule has 4 heteroatoms. The first-order chi connectivity index (χ1) is 9.63. The van der Waals surface area contributed by atoms with E-state index in [4.69, 9.17) is 5.26 Å². The van der Waals surface area contributed by atoms with E-state index in [1.807, 2.05) is 18.2 Å². The molecule has 0 saturated carbocycles. The molecular weight excluding hydrogens is 250 g/mol. The number of rotatable bonds is 4. The number of fused-ring (bicyclic) bond motifs is 1. The fourth-order valence-electron chi connectivity index (χ4n) is 2.77. The first-order valence-electron chi connectivity index (χ1n) is 7.15. The summed E-state index contributed by atoms with van der Waals surface area (Å²) in [6.45, 7) is 4.79. The number of nitrogens with zero attached hydrogens (tertiary/aromatic N) is 2. The van der Waals surface area contributed by atoms with Crippen LogP contribution in [0.1, 0.15) is 32.3 Å². The topological polar surface area (TPSA) is 56.1 Å². The van der Waals surface area contributed by atoms with Crippen molar-refractivity contribution in [3.63, 3.8) is 0 Å². The highest BCUT2D eigenvalue weighted by Crippen LogP contribution is 2.24. The van der Waals surface area contributed by atoms with Crippen molar-refractivity contribution >= 4 is 11.6 Å². The summed E-state index contributed by atoms with van der Waals surface area (Å²) in [6, 6.07) is 10.2. The molecule has 2 rings (SSSR count). The van der Waals surface area contributed by atoms with Gasteiger partial charge in [0.1, 0.15) is 0 Å². The monoisotopic (exact) mass is 271 g/mol. The van der Waals surface area contributed by atoms with Crippen molar-refractivity contribution in [1.29, 1.82) is 5.26 Å². The van der Waals surface area contributed by atoms with Crippen LogP contribution in [-0.4, -0.2) is 29.4 Å². The summed E-state index contributed by atoms with van der Waals surface area (Å²) >= 11 is 0. The Labute approximate surface area is 120 Å². The van der Waals surface area contributed by atoms with Gasteiger partial charge in [-0.15, -0.1) is 0 Å². The first kappa shape index (κ1) is 14.5. The quantitative estimate of drug-likeness (QED) is 0.915. The Bertz CT molecular complexity index is 519. The molecule has 0 aliphatic carbocycles. The van der Waals surface area contributed by atoms with Crippen molar-refractivity contribution in [3.8, 4) is 6.07 Å². The van der Waals surface area contributed by atoms with Gasteiger partial charge < -0.3 is 5.32 Å². The van der Waals surface area contributed by atoms with E-state index in [0.717, 1.165) is 18.5 Å². The van der Waals surface area contributed by atoms with E-state index in [0.29, 0.717) is 13.0 Å². The maximum Gasteiger partial charge on any atom is 0.241 e. The van der Waals surface area contributed by atoms with Gasteiger partial charge in [-0.05, 0) is 38.3 Å². The maximum atomic E-state index is 12.5. The third-order valence-electron chi connectivity index (χ3n) is 3.81. The third-order valence-corrected chi connectivity index (χ3v) is 3.81. The second-order valence-corrected chi connectivity index (χ2v) is 5.44. The average molecular weight is 271 g/mol. The smallest absolute Gasteiger partial charge is 0.241 e. The lowest BCUT2D eigenvalue weighted by molar-refractivity contribution is -0.122. The predicted octanol–water partition coefficient (Wildman–Crippen LogP) is 2.56. The van der Waals surface area contributed by atoms with E-state index in [9.17, 15) is 4.79 Å². The van der Waals surface area contributed by atoms with E-state index in [2.05, 4.69) is 36.2 Å². The van der Waals surface area contributed by atoms with Crippen LogP contribution in [0.5, 0.6) is 0 Å². The Balaban J connectivity index is 2.17. The van der Waals surface area contributed by atoms with Gasteiger partial charge in [-0.25, -0.2) is 0 Å². The highest BCUT2D eigenvalue weighted by Gasteiger charge is 2.30. The molecule has 0 aromatic heterocycles. The second kappa shape index (κ2) is 6.53. The maximum absolute atomic E-state index is 12.5. The summed E-state index contributed by atoms with van der Waals surface area (Å²) in [5, 5.41) is 11.8. The Kier molecular flexibility index (Phi) is 4.75. The number of benzene rings is 1. The minimum Gasteiger partial charge on any atom is -0.324 e. The molecule has 1 amide bonds. The number of carbonyl (C=O) groups excluding carboxylic acids is 1. The van der Waals surface area contributed by atoms with Gasteiger partial charge in [0.25, 0.3) is 0 Å². The van der Waals surface area contributed by atoms with Gasteiger partial charge in [0.15, 0.2) is 0 Å². The lowest BCUT2D eigenvalue weighted by atomic mass is 10.0. The van der Waals surface area contributed by atoms with Gasteiger partial charge in [-0.2, -0.15) is 5.26 Å². The Morgan fingerprint density at radius 2 is 2.20 bits per heavy atom. The standard InChI is InChI=1S/C16H21N3O/c1-12(2)19(11-5-10-17)15-9-8-13-6-3-4-7-14(13)18-16(15)20/h3-4,6-7,12,15H,5,8-9,11H2,1-2H3,(H,18,20). The number of hydrogen-bond acceptors (Lipinski definition) is 3. The van der Waals surface area contributed by atoms with Crippen LogP contribution < -0.4 is 5.32 Å². The molecule has 1 heterocycles. The van der Waals surface area contributed by atoms with Crippen LogP contribution in [0.4, 0.5) is 5.69 Å². The fraction of sp³-hybridized carbons (Fsp3) is 0.500. The van der Waals surface area contributed by atoms with Crippen molar-refractivity contribution < 1.29 is 4.79 Å². The van der Waals surface area contributed by atoms with Gasteiger partial charge >= 0.3 is 0 Å². The molecule has 0 saturated heterocycles. The van der Waals surface area contributed by atoms with Crippen LogP contribution in [0.25, 0.3) is 0 Å². The molecule has 4 nitrogen and oxygen atoms in total. The van der Waals surface area contributed by atoms with Gasteiger partial charge in [0, 0.05) is 24.7 Å². The van der Waals surface area contributed by atoms with E-state index in [1.54, 1.807) is 0 Å². The van der Waals surface area contributed by atoms with Crippen molar-refractivity contribution in [1.82, 2.24) is 4.90 Å². The second-order valence-electron chi connectivity index (χ2n) is 5.44. The molecule has 0 radical (unpaired) electrons. The SMILES string of the molecule is CC(C)N(CCC#N)C1CCc2ccccc2NC1=O. The molecule has 1 aromatic carbocycles. The van der Waals surface area contributed by atoms with Crippen molar-refractivity contribution in [2.75, 3.05) is 11.9 Å². The van der Waals surface area contributed by atoms with E-state index < -0.39 is 0 Å². The summed E-state index contributed by atoms with van der Waals surface area (Å²) in [5.74, 6) is 0.0431. The molecule has 1 unspecified atom stereocenters. The largest absolute Gasteiger partial charge is 0.324 e. The van der Waals surface area contributed by atoms with Crippen molar-refractivity contribution in [3.05, 3.63) is 29.8 Å². The molecule has 1 aromatic rings. The number of carbonyl (C=O) groups is 1. The molecule has 0 fully saturated rings. The number of nitrogens with one attached hydrogen (secondary N) is 1. The highest BCUT2D eigenvalue weighted by molar-refractivity contribution is 5.96. The summed E-state index contributed by atoms with van der Waals surface area (Å²) in [5.41, 5.74) is 2.11. The van der Waals surface area contributed by atoms with Crippen LogP contribution in [-0.2, 0) is 11.2 Å². The number of nitriles is 1. The molecule has 106 valence electrons. The zero-order valence-electron chi connectivity index (χ0n) is 12.1. The minimum absolute atomic E-state index is 0.0431. The Hall–Kier alpha value is -1.86. The molecule has 20 heavy (non-hydrogen) atoms. The minimum atomic E-state index is -0.157. The lowest BCUT2D eigenvalue weighted by Crippen LogP contribution is -2.47. The van der Waals surface area contributed by atoms with Crippen LogP contribution >= 0.6 is 0 Å². The van der Waals surface area contributed by atoms with Gasteiger partial charge in [-0.1, -0.05) is 18.2 Å². The summed E-state index contributed by atoms with van der Waals surface area (Å²) in [4.78, 5) is 14.6. The number of amides is 1. The highest BCUT2D eigenvalue weighted by atomic mass is 16.2. The van der Waals surface area contributed by atoms with E-state index >= 15 is 0 Å². The Morgan fingerprint density at radius 3 is 2.90 bits per heavy atom. The molecule has 1 aliphatic rings. The molecule has 0 bridgehead atoms. The number of anilines is 1.